The van der Waals surface area contributed by atoms with E-state index in [4.69, 9.17) is 0 Å². The molecule has 0 aromatic heterocycles. The molecule has 0 saturated carbocycles. The minimum atomic E-state index is 0.0916. The van der Waals surface area contributed by atoms with Crippen LogP contribution >= 0.6 is 0 Å². The Hall–Kier alpha value is -1.64. The lowest BCUT2D eigenvalue weighted by Crippen LogP contribution is -2.34. The van der Waals surface area contributed by atoms with Gasteiger partial charge < -0.3 is 10.4 Å². The Kier molecular flexibility index (Phi) is 5.13. The average molecular weight is 255 g/mol. The molecule has 0 aliphatic rings. The molecular formula is C17H21NO. The Bertz CT molecular complexity index is 469. The van der Waals surface area contributed by atoms with Crippen LogP contribution in [0.25, 0.3) is 0 Å². The van der Waals surface area contributed by atoms with Crippen LogP contribution in [-0.4, -0.2) is 17.8 Å². The van der Waals surface area contributed by atoms with Crippen LogP contribution in [0, 0.1) is 0 Å². The molecule has 0 radical (unpaired) electrons. The van der Waals surface area contributed by atoms with Crippen LogP contribution in [0.15, 0.2) is 60.7 Å². The topological polar surface area (TPSA) is 32.3 Å². The van der Waals surface area contributed by atoms with E-state index < -0.39 is 0 Å². The van der Waals surface area contributed by atoms with E-state index in [1.165, 1.54) is 11.1 Å². The fraction of sp³-hybridized carbons (Fsp3) is 0.294. The van der Waals surface area contributed by atoms with Crippen molar-refractivity contribution in [1.29, 1.82) is 0 Å². The Labute approximate surface area is 115 Å². The molecule has 2 heteroatoms. The molecule has 0 bridgehead atoms. The van der Waals surface area contributed by atoms with Gasteiger partial charge in [0.05, 0.1) is 6.61 Å². The van der Waals surface area contributed by atoms with E-state index in [2.05, 4.69) is 53.8 Å². The Morgan fingerprint density at radius 3 is 2.11 bits per heavy atom. The first-order chi connectivity index (χ1) is 9.29. The minimum absolute atomic E-state index is 0.0916. The largest absolute Gasteiger partial charge is 0.395 e. The first-order valence-electron chi connectivity index (χ1n) is 6.75. The molecule has 2 aromatic rings. The van der Waals surface area contributed by atoms with Crippen molar-refractivity contribution in [2.24, 2.45) is 0 Å². The second-order valence-electron chi connectivity index (χ2n) is 4.90. The molecule has 2 N–H and O–H groups in total. The summed E-state index contributed by atoms with van der Waals surface area (Å²) in [6, 6.07) is 21.2. The van der Waals surface area contributed by atoms with Gasteiger partial charge in [-0.2, -0.15) is 0 Å². The predicted octanol–water partition coefficient (Wildman–Crippen LogP) is 2.94. The monoisotopic (exact) mass is 255 g/mol. The second-order valence-corrected chi connectivity index (χ2v) is 4.90. The molecule has 2 atom stereocenters. The quantitative estimate of drug-likeness (QED) is 0.832. The molecule has 0 spiro atoms. The molecule has 2 aromatic carbocycles. The zero-order valence-corrected chi connectivity index (χ0v) is 11.3. The summed E-state index contributed by atoms with van der Waals surface area (Å²) in [6.07, 6.45) is 0.926. The van der Waals surface area contributed by atoms with Crippen molar-refractivity contribution in [3.63, 3.8) is 0 Å². The fourth-order valence-electron chi connectivity index (χ4n) is 2.20. The Balaban J connectivity index is 2.15. The van der Waals surface area contributed by atoms with E-state index in [0.29, 0.717) is 0 Å². The summed E-state index contributed by atoms with van der Waals surface area (Å²) in [5.41, 5.74) is 2.56. The molecule has 2 nitrogen and oxygen atoms in total. The average Bonchev–Trinajstić information content (AvgIpc) is 2.48. The van der Waals surface area contributed by atoms with Gasteiger partial charge in [0.2, 0.25) is 0 Å². The summed E-state index contributed by atoms with van der Waals surface area (Å²) in [5, 5.41) is 12.7. The molecule has 0 saturated heterocycles. The summed E-state index contributed by atoms with van der Waals surface area (Å²) in [7, 11) is 0. The Morgan fingerprint density at radius 1 is 0.947 bits per heavy atom. The minimum Gasteiger partial charge on any atom is -0.395 e. The molecule has 1 unspecified atom stereocenters. The summed E-state index contributed by atoms with van der Waals surface area (Å²) in [4.78, 5) is 0. The highest BCUT2D eigenvalue weighted by molar-refractivity contribution is 5.23. The molecule has 0 aliphatic carbocycles. The second kappa shape index (κ2) is 7.07. The SMILES string of the molecule is C[C@H](CO)NC(Cc1ccccc1)c1ccccc1. The maximum atomic E-state index is 9.23. The maximum Gasteiger partial charge on any atom is 0.0582 e. The van der Waals surface area contributed by atoms with E-state index in [-0.39, 0.29) is 18.7 Å². The number of aliphatic hydroxyl groups is 1. The standard InChI is InChI=1S/C17H21NO/c1-14(13-19)18-17(16-10-6-3-7-11-16)12-15-8-4-2-5-9-15/h2-11,14,17-19H,12-13H2,1H3/t14-,17?/m1/s1. The first-order valence-corrected chi connectivity index (χ1v) is 6.75. The maximum absolute atomic E-state index is 9.23. The van der Waals surface area contributed by atoms with Gasteiger partial charge in [-0.1, -0.05) is 60.7 Å². The highest BCUT2D eigenvalue weighted by Gasteiger charge is 2.14. The summed E-state index contributed by atoms with van der Waals surface area (Å²) >= 11 is 0. The zero-order valence-electron chi connectivity index (χ0n) is 11.3. The van der Waals surface area contributed by atoms with Crippen LogP contribution < -0.4 is 5.32 Å². The van der Waals surface area contributed by atoms with E-state index in [0.717, 1.165) is 6.42 Å². The van der Waals surface area contributed by atoms with Crippen LogP contribution in [0.1, 0.15) is 24.1 Å². The predicted molar refractivity (Wildman–Crippen MR) is 79.0 cm³/mol. The van der Waals surface area contributed by atoms with Crippen molar-refractivity contribution in [2.45, 2.75) is 25.4 Å². The summed E-state index contributed by atoms with van der Waals surface area (Å²) < 4.78 is 0. The molecule has 2 rings (SSSR count). The van der Waals surface area contributed by atoms with Gasteiger partial charge in [-0.05, 0) is 24.5 Å². The van der Waals surface area contributed by atoms with Crippen LogP contribution in [0.3, 0.4) is 0 Å². The lowest BCUT2D eigenvalue weighted by atomic mass is 9.98. The molecule has 100 valence electrons. The van der Waals surface area contributed by atoms with E-state index in [1.807, 2.05) is 19.1 Å². The van der Waals surface area contributed by atoms with Crippen LogP contribution in [0.5, 0.6) is 0 Å². The summed E-state index contributed by atoms with van der Waals surface area (Å²) in [6.45, 7) is 2.15. The molecule has 0 fully saturated rings. The van der Waals surface area contributed by atoms with E-state index in [9.17, 15) is 5.11 Å². The molecule has 19 heavy (non-hydrogen) atoms. The number of aliphatic hydroxyl groups excluding tert-OH is 1. The van der Waals surface area contributed by atoms with Gasteiger partial charge >= 0.3 is 0 Å². The van der Waals surface area contributed by atoms with Gasteiger partial charge in [-0.15, -0.1) is 0 Å². The van der Waals surface area contributed by atoms with Crippen LogP contribution in [-0.2, 0) is 6.42 Å². The van der Waals surface area contributed by atoms with Crippen LogP contribution in [0.2, 0.25) is 0 Å². The first kappa shape index (κ1) is 13.8. The lowest BCUT2D eigenvalue weighted by molar-refractivity contribution is 0.240. The van der Waals surface area contributed by atoms with Crippen molar-refractivity contribution in [3.8, 4) is 0 Å². The molecule has 0 aliphatic heterocycles. The zero-order chi connectivity index (χ0) is 13.5. The third kappa shape index (κ3) is 4.19. The molecule has 0 amide bonds. The molecular weight excluding hydrogens is 234 g/mol. The van der Waals surface area contributed by atoms with Crippen molar-refractivity contribution < 1.29 is 5.11 Å². The third-order valence-electron chi connectivity index (χ3n) is 3.24. The molecule has 0 heterocycles. The van der Waals surface area contributed by atoms with Gasteiger partial charge in [0, 0.05) is 12.1 Å². The van der Waals surface area contributed by atoms with E-state index >= 15 is 0 Å². The van der Waals surface area contributed by atoms with Crippen molar-refractivity contribution in [3.05, 3.63) is 71.8 Å². The van der Waals surface area contributed by atoms with Gasteiger partial charge in [0.15, 0.2) is 0 Å². The Morgan fingerprint density at radius 2 is 1.53 bits per heavy atom. The number of benzene rings is 2. The smallest absolute Gasteiger partial charge is 0.0582 e. The van der Waals surface area contributed by atoms with Crippen LogP contribution in [0.4, 0.5) is 0 Å². The number of hydrogen-bond donors (Lipinski definition) is 2. The van der Waals surface area contributed by atoms with Crippen molar-refractivity contribution in [2.75, 3.05) is 6.61 Å². The highest BCUT2D eigenvalue weighted by Crippen LogP contribution is 2.18. The third-order valence-corrected chi connectivity index (χ3v) is 3.24. The van der Waals surface area contributed by atoms with Gasteiger partial charge in [0.1, 0.15) is 0 Å². The van der Waals surface area contributed by atoms with Gasteiger partial charge in [0.25, 0.3) is 0 Å². The summed E-state index contributed by atoms with van der Waals surface area (Å²) in [5.74, 6) is 0. The highest BCUT2D eigenvalue weighted by atomic mass is 16.3. The van der Waals surface area contributed by atoms with Gasteiger partial charge in [-0.3, -0.25) is 0 Å². The number of hydrogen-bond acceptors (Lipinski definition) is 2. The van der Waals surface area contributed by atoms with E-state index in [1.54, 1.807) is 0 Å². The van der Waals surface area contributed by atoms with Crippen molar-refractivity contribution >= 4 is 0 Å². The normalized spacial score (nSPS) is 14.0. The number of nitrogens with one attached hydrogen (secondary N) is 1. The van der Waals surface area contributed by atoms with Gasteiger partial charge in [-0.25, -0.2) is 0 Å². The number of rotatable bonds is 6. The fourth-order valence-corrected chi connectivity index (χ4v) is 2.20. The van der Waals surface area contributed by atoms with Crippen molar-refractivity contribution in [1.82, 2.24) is 5.32 Å². The lowest BCUT2D eigenvalue weighted by Gasteiger charge is -2.23.